The molecule has 0 aliphatic rings. The first kappa shape index (κ1) is 19.4. The third-order valence-corrected chi connectivity index (χ3v) is 7.66. The Hall–Kier alpha value is -4.83. The van der Waals surface area contributed by atoms with E-state index >= 15 is 0 Å². The minimum atomic E-state index is -2.61. The van der Waals surface area contributed by atoms with E-state index in [1.54, 1.807) is 0 Å². The average molecular weight is 755 g/mol. The van der Waals surface area contributed by atoms with Gasteiger partial charge in [0, 0.05) is 49.5 Å². The fourth-order valence-corrected chi connectivity index (χ4v) is 5.71. The number of pyridine rings is 2. The molecule has 0 aliphatic heterocycles. The summed E-state index contributed by atoms with van der Waals surface area (Å²) >= 11 is 0. The second-order valence-electron chi connectivity index (χ2n) is 10.3. The van der Waals surface area contributed by atoms with Gasteiger partial charge in [-0.25, -0.2) is 0 Å². The topological polar surface area (TPSA) is 43.3 Å². The monoisotopic (exact) mass is 755 g/mol. The molecule has 9 rings (SSSR count). The molecule has 4 aromatic heterocycles. The first-order valence-electron chi connectivity index (χ1n) is 18.2. The smallest absolute Gasteiger partial charge is 0.120 e. The maximum absolute atomic E-state index is 7.54. The molecule has 0 saturated heterocycles. The van der Waals surface area contributed by atoms with Gasteiger partial charge in [0.1, 0.15) is 5.58 Å². The van der Waals surface area contributed by atoms with Gasteiger partial charge in [0.25, 0.3) is 0 Å². The number of para-hydroxylation sites is 4. The second-order valence-corrected chi connectivity index (χ2v) is 10.3. The summed E-state index contributed by atoms with van der Waals surface area (Å²) in [7, 11) is 0. The van der Waals surface area contributed by atoms with Crippen LogP contribution in [0.15, 0.2) is 114 Å². The van der Waals surface area contributed by atoms with Gasteiger partial charge < -0.3 is 13.8 Å². The molecular formula is C39H27IrN3O-2. The molecule has 5 heteroatoms. The van der Waals surface area contributed by atoms with E-state index in [2.05, 4.69) is 76.1 Å². The van der Waals surface area contributed by atoms with Crippen molar-refractivity contribution in [2.24, 2.45) is 0 Å². The zero-order chi connectivity index (χ0) is 36.6. The number of rotatable bonds is 1. The van der Waals surface area contributed by atoms with E-state index in [0.717, 1.165) is 61.1 Å². The van der Waals surface area contributed by atoms with Gasteiger partial charge in [-0.15, -0.1) is 47.5 Å². The van der Waals surface area contributed by atoms with Crippen LogP contribution in [0.25, 0.3) is 71.6 Å². The number of imidazole rings is 1. The Labute approximate surface area is 281 Å². The SMILES string of the molecule is [2H]C([2H])([2H])c1c[c-]c(-c2cc(C([2H])([2H])[2H])c(C([2H])([2H])[2H])cn2)cc1.[Ir].[c-]1cc2oc3ccccc3c2c2c1c1nc3ccccc3n1c1ccccc21. The van der Waals surface area contributed by atoms with Crippen molar-refractivity contribution in [3.8, 4) is 11.3 Å². The van der Waals surface area contributed by atoms with E-state index in [-0.39, 0.29) is 42.5 Å². The fraction of sp³-hybridized carbons (Fsp3) is 0.0769. The maximum atomic E-state index is 7.54. The number of hydrogen-bond acceptors (Lipinski definition) is 3. The molecule has 0 unspecified atom stereocenters. The van der Waals surface area contributed by atoms with Gasteiger partial charge in [0.05, 0.1) is 22.3 Å². The Kier molecular flexibility index (Phi) is 4.87. The first-order valence-corrected chi connectivity index (χ1v) is 13.7. The first-order chi connectivity index (χ1) is 24.7. The van der Waals surface area contributed by atoms with Gasteiger partial charge in [0.2, 0.25) is 0 Å². The van der Waals surface area contributed by atoms with Gasteiger partial charge in [-0.3, -0.25) is 4.98 Å². The summed E-state index contributed by atoms with van der Waals surface area (Å²) in [5, 5.41) is 5.62. The van der Waals surface area contributed by atoms with Crippen LogP contribution in [0.1, 0.15) is 29.0 Å². The Morgan fingerprint density at radius 3 is 2.34 bits per heavy atom. The molecule has 0 fully saturated rings. The van der Waals surface area contributed by atoms with Crippen molar-refractivity contribution < 1.29 is 36.9 Å². The molecule has 0 N–H and O–H groups in total. The van der Waals surface area contributed by atoms with Crippen LogP contribution in [0.3, 0.4) is 0 Å². The Morgan fingerprint density at radius 2 is 1.52 bits per heavy atom. The third-order valence-electron chi connectivity index (χ3n) is 7.66. The van der Waals surface area contributed by atoms with E-state index in [4.69, 9.17) is 21.7 Å². The summed E-state index contributed by atoms with van der Waals surface area (Å²) in [6.07, 6.45) is 1.02. The molecule has 0 saturated carbocycles. The van der Waals surface area contributed by atoms with Crippen LogP contribution in [-0.4, -0.2) is 14.4 Å². The van der Waals surface area contributed by atoms with Crippen molar-refractivity contribution in [2.75, 3.05) is 0 Å². The number of nitrogens with zero attached hydrogens (tertiary/aromatic N) is 3. The van der Waals surface area contributed by atoms with Gasteiger partial charge in [-0.2, -0.15) is 0 Å². The molecule has 0 amide bonds. The quantitative estimate of drug-likeness (QED) is 0.124. The van der Waals surface area contributed by atoms with Crippen LogP contribution in [0.5, 0.6) is 0 Å². The molecule has 215 valence electrons. The Balaban J connectivity index is 0.000000164. The van der Waals surface area contributed by atoms with Crippen LogP contribution in [0.2, 0.25) is 0 Å². The minimum Gasteiger partial charge on any atom is -0.500 e. The van der Waals surface area contributed by atoms with Crippen LogP contribution >= 0.6 is 0 Å². The van der Waals surface area contributed by atoms with E-state index in [0.29, 0.717) is 5.56 Å². The van der Waals surface area contributed by atoms with Crippen molar-refractivity contribution in [1.29, 1.82) is 0 Å². The summed E-state index contributed by atoms with van der Waals surface area (Å²) in [4.78, 5) is 8.97. The number of benzene rings is 5. The number of aryl methyl sites for hydroxylation is 3. The van der Waals surface area contributed by atoms with Crippen molar-refractivity contribution in [3.05, 3.63) is 138 Å². The van der Waals surface area contributed by atoms with Crippen LogP contribution < -0.4 is 0 Å². The van der Waals surface area contributed by atoms with Crippen molar-refractivity contribution >= 4 is 60.3 Å². The molecule has 4 nitrogen and oxygen atoms in total. The Morgan fingerprint density at radius 1 is 0.727 bits per heavy atom. The molecule has 0 bridgehead atoms. The minimum absolute atomic E-state index is 0. The summed E-state index contributed by atoms with van der Waals surface area (Å²) in [6.45, 7) is -7.47. The molecular weight excluding hydrogens is 719 g/mol. The third kappa shape index (κ3) is 4.48. The number of furan rings is 1. The van der Waals surface area contributed by atoms with Gasteiger partial charge in [-0.05, 0) is 60.0 Å². The predicted octanol–water partition coefficient (Wildman–Crippen LogP) is 9.97. The van der Waals surface area contributed by atoms with Crippen LogP contribution in [0, 0.1) is 32.7 Å². The number of fused-ring (bicyclic) bond motifs is 12. The predicted molar refractivity (Wildman–Crippen MR) is 177 cm³/mol. The zero-order valence-corrected chi connectivity index (χ0v) is 25.4. The molecule has 5 aromatic carbocycles. The van der Waals surface area contributed by atoms with E-state index in [1.165, 1.54) is 29.7 Å². The standard InChI is InChI=1S/C25H13N2O.C14H14N.Ir/c1-4-10-19-15(7-1)23-17(25-26-18-9-3-5-11-20(18)27(19)25)13-14-22-24(23)16-8-2-6-12-21(16)28-22;1-10-4-6-13(7-5-10)14-8-11(2)12(3)9-15-14;/h1-12,14H;4-6,8-9H,1-3H3;/q2*-1;/i;1D3,2D3,3D3;. The van der Waals surface area contributed by atoms with Crippen LogP contribution in [0.4, 0.5) is 0 Å². The van der Waals surface area contributed by atoms with Gasteiger partial charge in [0.15, 0.2) is 0 Å². The molecule has 0 atom stereocenters. The fourth-order valence-electron chi connectivity index (χ4n) is 5.71. The zero-order valence-electron chi connectivity index (χ0n) is 32.0. The maximum Gasteiger partial charge on any atom is 0.120 e. The second kappa shape index (κ2) is 11.0. The number of hydrogen-bond donors (Lipinski definition) is 0. The van der Waals surface area contributed by atoms with E-state index < -0.39 is 20.6 Å². The molecule has 44 heavy (non-hydrogen) atoms. The summed E-state index contributed by atoms with van der Waals surface area (Å²) in [5.41, 5.74) is 6.00. The van der Waals surface area contributed by atoms with Crippen molar-refractivity contribution in [1.82, 2.24) is 14.4 Å². The van der Waals surface area contributed by atoms with E-state index in [1.807, 2.05) is 24.3 Å². The normalized spacial score (nSPS) is 15.2. The van der Waals surface area contributed by atoms with Crippen molar-refractivity contribution in [3.63, 3.8) is 0 Å². The average Bonchev–Trinajstić information content (AvgIpc) is 3.70. The molecule has 4 heterocycles. The van der Waals surface area contributed by atoms with Gasteiger partial charge in [-0.1, -0.05) is 77.8 Å². The van der Waals surface area contributed by atoms with Gasteiger partial charge >= 0.3 is 0 Å². The molecule has 9 aromatic rings. The molecule has 1 radical (unpaired) electrons. The largest absolute Gasteiger partial charge is 0.500 e. The summed E-state index contributed by atoms with van der Waals surface area (Å²) in [5.74, 6) is 0. The molecule has 0 aliphatic carbocycles. The van der Waals surface area contributed by atoms with Crippen molar-refractivity contribution in [2.45, 2.75) is 20.6 Å². The summed E-state index contributed by atoms with van der Waals surface area (Å²) in [6, 6.07) is 38.5. The molecule has 0 spiro atoms. The Bertz CT molecular complexity index is 2820. The number of aromatic nitrogens is 3. The summed E-state index contributed by atoms with van der Waals surface area (Å²) < 4.78 is 75.3. The van der Waals surface area contributed by atoms with Crippen LogP contribution in [-0.2, 0) is 20.1 Å². The van der Waals surface area contributed by atoms with E-state index in [9.17, 15) is 0 Å².